The molecule has 0 saturated carbocycles. The van der Waals surface area contributed by atoms with Crippen LogP contribution >= 0.6 is 15.9 Å². The third-order valence-corrected chi connectivity index (χ3v) is 4.86. The Morgan fingerprint density at radius 1 is 1.00 bits per heavy atom. The van der Waals surface area contributed by atoms with Crippen LogP contribution in [0.3, 0.4) is 0 Å². The number of hydrogen-bond donors (Lipinski definition) is 0. The monoisotopic (exact) mass is 280 g/mol. The quantitative estimate of drug-likeness (QED) is 0.657. The molecule has 0 spiro atoms. The third-order valence-electron chi connectivity index (χ3n) is 4.33. The van der Waals surface area contributed by atoms with Crippen molar-refractivity contribution in [2.24, 2.45) is 5.92 Å². The van der Waals surface area contributed by atoms with Gasteiger partial charge in [0, 0.05) is 4.83 Å². The van der Waals surface area contributed by atoms with Crippen LogP contribution in [0, 0.1) is 5.92 Å². The molecular weight excluding hydrogens is 260 g/mol. The van der Waals surface area contributed by atoms with Crippen molar-refractivity contribution in [1.29, 1.82) is 0 Å². The molecule has 88 valence electrons. The van der Waals surface area contributed by atoms with Crippen molar-refractivity contribution in [3.8, 4) is 0 Å². The molecule has 1 aromatic carbocycles. The van der Waals surface area contributed by atoms with Gasteiger partial charge in [0.05, 0.1) is 0 Å². The Bertz CT molecular complexity index is 367. The zero-order chi connectivity index (χ0) is 12.1. The summed E-state index contributed by atoms with van der Waals surface area (Å²) in [4.78, 5) is 0.532. The first-order chi connectivity index (χ1) is 7.29. The summed E-state index contributed by atoms with van der Waals surface area (Å²) in [5, 5.41) is 0. The predicted molar refractivity (Wildman–Crippen MR) is 74.4 cm³/mol. The van der Waals surface area contributed by atoms with E-state index < -0.39 is 0 Å². The van der Waals surface area contributed by atoms with Crippen LogP contribution < -0.4 is 0 Å². The van der Waals surface area contributed by atoms with E-state index >= 15 is 0 Å². The lowest BCUT2D eigenvalue weighted by Gasteiger charge is -2.38. The summed E-state index contributed by atoms with van der Waals surface area (Å²) in [6.45, 7) is 11.8. The minimum absolute atomic E-state index is 0.253. The van der Waals surface area contributed by atoms with Gasteiger partial charge in [-0.2, -0.15) is 0 Å². The Hall–Kier alpha value is -0.300. The molecule has 0 saturated heterocycles. The highest BCUT2D eigenvalue weighted by Gasteiger charge is 2.52. The normalized spacial score (nSPS) is 24.1. The summed E-state index contributed by atoms with van der Waals surface area (Å²) in [5.41, 5.74) is 3.55. The molecule has 0 radical (unpaired) electrons. The lowest BCUT2D eigenvalue weighted by atomic mass is 9.69. The summed E-state index contributed by atoms with van der Waals surface area (Å²) in [5.74, 6) is 0.636. The van der Waals surface area contributed by atoms with Crippen molar-refractivity contribution in [2.75, 3.05) is 0 Å². The van der Waals surface area contributed by atoms with E-state index in [0.717, 1.165) is 0 Å². The first-order valence-corrected chi connectivity index (χ1v) is 6.95. The van der Waals surface area contributed by atoms with E-state index in [4.69, 9.17) is 0 Å². The van der Waals surface area contributed by atoms with Crippen LogP contribution in [0.2, 0.25) is 0 Å². The number of fused-ring (bicyclic) bond motifs is 1. The molecule has 1 atom stereocenters. The zero-order valence-corrected chi connectivity index (χ0v) is 12.4. The highest BCUT2D eigenvalue weighted by atomic mass is 79.9. The van der Waals surface area contributed by atoms with Gasteiger partial charge in [-0.25, -0.2) is 0 Å². The Morgan fingerprint density at radius 2 is 1.38 bits per heavy atom. The number of halogens is 1. The molecule has 2 rings (SSSR count). The Labute approximate surface area is 108 Å². The highest BCUT2D eigenvalue weighted by molar-refractivity contribution is 9.09. The average molecular weight is 281 g/mol. The van der Waals surface area contributed by atoms with E-state index in [1.54, 1.807) is 0 Å². The molecule has 1 aromatic rings. The van der Waals surface area contributed by atoms with E-state index in [2.05, 4.69) is 74.8 Å². The van der Waals surface area contributed by atoms with E-state index in [1.807, 2.05) is 0 Å². The average Bonchev–Trinajstić information content (AvgIpc) is 2.31. The first-order valence-electron chi connectivity index (χ1n) is 6.03. The molecule has 0 aliphatic heterocycles. The maximum Gasteiger partial charge on any atom is 0.0162 e. The smallest absolute Gasteiger partial charge is 0.0162 e. The summed E-state index contributed by atoms with van der Waals surface area (Å²) in [7, 11) is 0. The fourth-order valence-electron chi connectivity index (χ4n) is 3.99. The van der Waals surface area contributed by atoms with Crippen molar-refractivity contribution >= 4 is 15.9 Å². The van der Waals surface area contributed by atoms with Crippen LogP contribution in [-0.4, -0.2) is 4.83 Å². The second-order valence-corrected chi connectivity index (χ2v) is 7.59. The molecular formula is C15H21Br. The SMILES string of the molecule is CC(Br)C1C(C)(C)c2ccccc2C1(C)C. The van der Waals surface area contributed by atoms with Gasteiger partial charge in [0.1, 0.15) is 0 Å². The molecule has 1 aliphatic rings. The van der Waals surface area contributed by atoms with E-state index in [-0.39, 0.29) is 10.8 Å². The van der Waals surface area contributed by atoms with Crippen LogP contribution in [-0.2, 0) is 10.8 Å². The summed E-state index contributed by atoms with van der Waals surface area (Å²) in [6, 6.07) is 8.93. The van der Waals surface area contributed by atoms with Gasteiger partial charge < -0.3 is 0 Å². The number of hydrogen-bond acceptors (Lipinski definition) is 0. The number of benzene rings is 1. The van der Waals surface area contributed by atoms with Gasteiger partial charge in [0.15, 0.2) is 0 Å². The predicted octanol–water partition coefficient (Wildman–Crippen LogP) is 4.66. The summed E-state index contributed by atoms with van der Waals surface area (Å²) < 4.78 is 0. The molecule has 1 aliphatic carbocycles. The van der Waals surface area contributed by atoms with Crippen molar-refractivity contribution in [1.82, 2.24) is 0 Å². The molecule has 1 heteroatoms. The molecule has 0 N–H and O–H groups in total. The maximum atomic E-state index is 3.81. The minimum Gasteiger partial charge on any atom is -0.0890 e. The zero-order valence-electron chi connectivity index (χ0n) is 10.8. The molecule has 16 heavy (non-hydrogen) atoms. The van der Waals surface area contributed by atoms with Crippen LogP contribution in [0.4, 0.5) is 0 Å². The van der Waals surface area contributed by atoms with Gasteiger partial charge in [-0.15, -0.1) is 0 Å². The van der Waals surface area contributed by atoms with Gasteiger partial charge >= 0.3 is 0 Å². The molecule has 0 heterocycles. The number of alkyl halides is 1. The Balaban J connectivity index is 2.66. The van der Waals surface area contributed by atoms with E-state index in [0.29, 0.717) is 10.7 Å². The van der Waals surface area contributed by atoms with Gasteiger partial charge in [0.25, 0.3) is 0 Å². The standard InChI is InChI=1S/C15H21Br/c1-10(16)13-14(2,3)11-8-6-7-9-12(11)15(13,4)5/h6-10,13H,1-5H3. The van der Waals surface area contributed by atoms with Crippen molar-refractivity contribution in [3.05, 3.63) is 35.4 Å². The lowest BCUT2D eigenvalue weighted by molar-refractivity contribution is 0.241. The van der Waals surface area contributed by atoms with Crippen LogP contribution in [0.15, 0.2) is 24.3 Å². The Kier molecular flexibility index (Phi) is 2.73. The fraction of sp³-hybridized carbons (Fsp3) is 0.600. The molecule has 0 nitrogen and oxygen atoms in total. The second-order valence-electron chi connectivity index (χ2n) is 6.14. The van der Waals surface area contributed by atoms with Crippen molar-refractivity contribution < 1.29 is 0 Å². The first kappa shape index (κ1) is 12.2. The van der Waals surface area contributed by atoms with Crippen molar-refractivity contribution in [2.45, 2.75) is 50.3 Å². The Morgan fingerprint density at radius 3 is 1.69 bits per heavy atom. The van der Waals surface area contributed by atoms with Gasteiger partial charge in [-0.1, -0.05) is 74.8 Å². The van der Waals surface area contributed by atoms with Gasteiger partial charge in [-0.3, -0.25) is 0 Å². The summed E-state index contributed by atoms with van der Waals surface area (Å²) in [6.07, 6.45) is 0. The lowest BCUT2D eigenvalue weighted by Crippen LogP contribution is -2.38. The van der Waals surface area contributed by atoms with Crippen LogP contribution in [0.5, 0.6) is 0 Å². The molecule has 0 amide bonds. The van der Waals surface area contributed by atoms with Crippen LogP contribution in [0.25, 0.3) is 0 Å². The summed E-state index contributed by atoms with van der Waals surface area (Å²) >= 11 is 3.81. The van der Waals surface area contributed by atoms with Crippen molar-refractivity contribution in [3.63, 3.8) is 0 Å². The second kappa shape index (κ2) is 3.60. The fourth-order valence-corrected chi connectivity index (χ4v) is 5.31. The highest BCUT2D eigenvalue weighted by Crippen LogP contribution is 2.56. The molecule has 1 unspecified atom stereocenters. The van der Waals surface area contributed by atoms with E-state index in [1.165, 1.54) is 11.1 Å². The van der Waals surface area contributed by atoms with Crippen LogP contribution in [0.1, 0.15) is 45.7 Å². The molecule has 0 bridgehead atoms. The maximum absolute atomic E-state index is 3.81. The topological polar surface area (TPSA) is 0 Å². The number of rotatable bonds is 1. The third kappa shape index (κ3) is 1.48. The minimum atomic E-state index is 0.253. The van der Waals surface area contributed by atoms with Gasteiger partial charge in [0.2, 0.25) is 0 Å². The largest absolute Gasteiger partial charge is 0.0890 e. The molecule has 0 fully saturated rings. The molecule has 0 aromatic heterocycles. The van der Waals surface area contributed by atoms with E-state index in [9.17, 15) is 0 Å². The van der Waals surface area contributed by atoms with Gasteiger partial charge in [-0.05, 0) is 27.9 Å².